The molecule has 0 aromatic heterocycles. The van der Waals surface area contributed by atoms with Gasteiger partial charge in [0.25, 0.3) is 0 Å². The lowest BCUT2D eigenvalue weighted by Gasteiger charge is -2.05. The molecule has 0 aliphatic rings. The molecule has 0 unspecified atom stereocenters. The number of rotatable bonds is 6. The van der Waals surface area contributed by atoms with Crippen molar-refractivity contribution >= 4 is 35.1 Å². The number of anilines is 1. The van der Waals surface area contributed by atoms with Gasteiger partial charge in [-0.05, 0) is 24.5 Å². The lowest BCUT2D eigenvalue weighted by atomic mass is 10.3. The second kappa shape index (κ2) is 7.60. The lowest BCUT2D eigenvalue weighted by molar-refractivity contribution is -0.113. The number of thioether (sulfide) groups is 2. The third kappa shape index (κ3) is 4.92. The topological polar surface area (TPSA) is 49.3 Å². The highest BCUT2D eigenvalue weighted by atomic mass is 32.2. The summed E-state index contributed by atoms with van der Waals surface area (Å²) in [6.45, 7) is 0.111. The second-order valence-electron chi connectivity index (χ2n) is 3.06. The molecule has 0 aliphatic carbocycles. The number of carbonyl (C=O) groups excluding carboxylic acids is 1. The molecule has 1 aromatic rings. The van der Waals surface area contributed by atoms with E-state index in [-0.39, 0.29) is 12.5 Å². The molecule has 0 heterocycles. The predicted octanol–water partition coefficient (Wildman–Crippen LogP) is 2.07. The first-order valence-electron chi connectivity index (χ1n) is 4.88. The number of amides is 1. The summed E-state index contributed by atoms with van der Waals surface area (Å²) in [6, 6.07) is 7.73. The molecule has 0 atom stereocenters. The van der Waals surface area contributed by atoms with Crippen molar-refractivity contribution < 1.29 is 9.90 Å². The Labute approximate surface area is 104 Å². The van der Waals surface area contributed by atoms with E-state index in [0.717, 1.165) is 10.6 Å². The molecule has 0 spiro atoms. The van der Waals surface area contributed by atoms with Crippen LogP contribution in [0.5, 0.6) is 0 Å². The van der Waals surface area contributed by atoms with E-state index in [4.69, 9.17) is 5.11 Å². The molecule has 0 aliphatic heterocycles. The summed E-state index contributed by atoms with van der Waals surface area (Å²) < 4.78 is 0. The van der Waals surface area contributed by atoms with Crippen molar-refractivity contribution in [2.45, 2.75) is 4.90 Å². The van der Waals surface area contributed by atoms with Crippen LogP contribution in [0.2, 0.25) is 0 Å². The van der Waals surface area contributed by atoms with Crippen LogP contribution in [0, 0.1) is 0 Å². The summed E-state index contributed by atoms with van der Waals surface area (Å²) in [6.07, 6.45) is 2.00. The summed E-state index contributed by atoms with van der Waals surface area (Å²) in [5.74, 6) is 0.944. The molecule has 88 valence electrons. The zero-order chi connectivity index (χ0) is 11.8. The SMILES string of the molecule is CSc1cccc(NC(=O)CSCCO)c1. The molecule has 0 fully saturated rings. The standard InChI is InChI=1S/C11H15NO2S2/c1-15-10-4-2-3-9(7-10)12-11(14)8-16-6-5-13/h2-4,7,13H,5-6,8H2,1H3,(H,12,14). The summed E-state index contributed by atoms with van der Waals surface area (Å²) in [5, 5.41) is 11.4. The van der Waals surface area contributed by atoms with Crippen LogP contribution in [0.4, 0.5) is 5.69 Å². The summed E-state index contributed by atoms with van der Waals surface area (Å²) in [5.41, 5.74) is 0.821. The lowest BCUT2D eigenvalue weighted by Crippen LogP contribution is -2.14. The van der Waals surface area contributed by atoms with Crippen molar-refractivity contribution in [2.24, 2.45) is 0 Å². The van der Waals surface area contributed by atoms with Gasteiger partial charge in [-0.25, -0.2) is 0 Å². The number of benzene rings is 1. The van der Waals surface area contributed by atoms with Gasteiger partial charge in [0.1, 0.15) is 0 Å². The van der Waals surface area contributed by atoms with Crippen LogP contribution in [-0.4, -0.2) is 35.4 Å². The number of aliphatic hydroxyl groups is 1. The number of hydrogen-bond acceptors (Lipinski definition) is 4. The van der Waals surface area contributed by atoms with Crippen LogP contribution in [-0.2, 0) is 4.79 Å². The molecule has 5 heteroatoms. The van der Waals surface area contributed by atoms with E-state index in [9.17, 15) is 4.79 Å². The van der Waals surface area contributed by atoms with Gasteiger partial charge in [0.05, 0.1) is 12.4 Å². The molecule has 0 saturated heterocycles. The van der Waals surface area contributed by atoms with Crippen LogP contribution in [0.25, 0.3) is 0 Å². The molecule has 1 rings (SSSR count). The van der Waals surface area contributed by atoms with Gasteiger partial charge in [-0.2, -0.15) is 0 Å². The fourth-order valence-electron chi connectivity index (χ4n) is 1.13. The molecular formula is C11H15NO2S2. The maximum absolute atomic E-state index is 11.5. The molecule has 16 heavy (non-hydrogen) atoms. The molecule has 1 amide bonds. The fourth-order valence-corrected chi connectivity index (χ4v) is 2.12. The van der Waals surface area contributed by atoms with Crippen molar-refractivity contribution in [3.05, 3.63) is 24.3 Å². The summed E-state index contributed by atoms with van der Waals surface area (Å²) in [7, 11) is 0. The molecule has 2 N–H and O–H groups in total. The smallest absolute Gasteiger partial charge is 0.234 e. The Bertz CT molecular complexity index is 345. The fraction of sp³-hybridized carbons (Fsp3) is 0.364. The van der Waals surface area contributed by atoms with E-state index < -0.39 is 0 Å². The first-order chi connectivity index (χ1) is 7.76. The molecule has 0 saturated carbocycles. The van der Waals surface area contributed by atoms with Gasteiger partial charge in [-0.15, -0.1) is 23.5 Å². The Hall–Kier alpha value is -0.650. The Morgan fingerprint density at radius 2 is 2.31 bits per heavy atom. The van der Waals surface area contributed by atoms with Gasteiger partial charge in [-0.3, -0.25) is 4.79 Å². The van der Waals surface area contributed by atoms with Crippen LogP contribution < -0.4 is 5.32 Å². The van der Waals surface area contributed by atoms with E-state index in [0.29, 0.717) is 11.5 Å². The minimum Gasteiger partial charge on any atom is -0.396 e. The number of aliphatic hydroxyl groups excluding tert-OH is 1. The van der Waals surface area contributed by atoms with E-state index in [1.807, 2.05) is 30.5 Å². The normalized spacial score (nSPS) is 10.1. The number of hydrogen-bond donors (Lipinski definition) is 2. The Kier molecular flexibility index (Phi) is 6.37. The van der Waals surface area contributed by atoms with Gasteiger partial charge in [-0.1, -0.05) is 6.07 Å². The van der Waals surface area contributed by atoms with Crippen LogP contribution in [0.1, 0.15) is 0 Å². The van der Waals surface area contributed by atoms with E-state index in [2.05, 4.69) is 5.32 Å². The van der Waals surface area contributed by atoms with Gasteiger partial charge in [0.15, 0.2) is 0 Å². The zero-order valence-corrected chi connectivity index (χ0v) is 10.7. The maximum atomic E-state index is 11.5. The maximum Gasteiger partial charge on any atom is 0.234 e. The third-order valence-electron chi connectivity index (χ3n) is 1.82. The van der Waals surface area contributed by atoms with E-state index >= 15 is 0 Å². The minimum absolute atomic E-state index is 0.0308. The number of nitrogens with one attached hydrogen (secondary N) is 1. The van der Waals surface area contributed by atoms with Crippen LogP contribution >= 0.6 is 23.5 Å². The van der Waals surface area contributed by atoms with Gasteiger partial charge < -0.3 is 10.4 Å². The van der Waals surface area contributed by atoms with E-state index in [1.165, 1.54) is 11.8 Å². The van der Waals surface area contributed by atoms with Crippen molar-refractivity contribution in [3.8, 4) is 0 Å². The highest BCUT2D eigenvalue weighted by Gasteiger charge is 2.02. The van der Waals surface area contributed by atoms with E-state index in [1.54, 1.807) is 11.8 Å². The minimum atomic E-state index is -0.0308. The first-order valence-corrected chi connectivity index (χ1v) is 7.26. The number of carbonyl (C=O) groups is 1. The average Bonchev–Trinajstić information content (AvgIpc) is 2.29. The van der Waals surface area contributed by atoms with Gasteiger partial charge in [0, 0.05) is 16.3 Å². The Morgan fingerprint density at radius 3 is 3.00 bits per heavy atom. The highest BCUT2D eigenvalue weighted by Crippen LogP contribution is 2.19. The Morgan fingerprint density at radius 1 is 1.50 bits per heavy atom. The summed E-state index contributed by atoms with van der Waals surface area (Å²) >= 11 is 3.07. The zero-order valence-electron chi connectivity index (χ0n) is 9.10. The average molecular weight is 257 g/mol. The predicted molar refractivity (Wildman–Crippen MR) is 71.3 cm³/mol. The van der Waals surface area contributed by atoms with Crippen molar-refractivity contribution in [1.82, 2.24) is 0 Å². The molecule has 3 nitrogen and oxygen atoms in total. The second-order valence-corrected chi connectivity index (χ2v) is 5.04. The summed E-state index contributed by atoms with van der Waals surface area (Å²) in [4.78, 5) is 12.6. The van der Waals surface area contributed by atoms with Crippen LogP contribution in [0.15, 0.2) is 29.2 Å². The van der Waals surface area contributed by atoms with Gasteiger partial charge >= 0.3 is 0 Å². The largest absolute Gasteiger partial charge is 0.396 e. The quantitative estimate of drug-likeness (QED) is 0.605. The molecule has 0 radical (unpaired) electrons. The first kappa shape index (κ1) is 13.4. The molecular weight excluding hydrogens is 242 g/mol. The van der Waals surface area contributed by atoms with Gasteiger partial charge in [0.2, 0.25) is 5.91 Å². The third-order valence-corrected chi connectivity index (χ3v) is 3.49. The van der Waals surface area contributed by atoms with Crippen molar-refractivity contribution in [2.75, 3.05) is 29.7 Å². The highest BCUT2D eigenvalue weighted by molar-refractivity contribution is 8.00. The van der Waals surface area contributed by atoms with Crippen molar-refractivity contribution in [1.29, 1.82) is 0 Å². The monoisotopic (exact) mass is 257 g/mol. The molecule has 1 aromatic carbocycles. The van der Waals surface area contributed by atoms with Crippen LogP contribution in [0.3, 0.4) is 0 Å². The molecule has 0 bridgehead atoms. The Balaban J connectivity index is 2.43. The van der Waals surface area contributed by atoms with Crippen molar-refractivity contribution in [3.63, 3.8) is 0 Å².